The molecule has 0 aromatic carbocycles. The van der Waals surface area contributed by atoms with Gasteiger partial charge in [0.05, 0.1) is 5.75 Å². The summed E-state index contributed by atoms with van der Waals surface area (Å²) in [5.41, 5.74) is -0.840. The summed E-state index contributed by atoms with van der Waals surface area (Å²) in [6, 6.07) is 0. The second-order valence-electron chi connectivity index (χ2n) is 5.01. The average Bonchev–Trinajstić information content (AvgIpc) is 2.35. The predicted octanol–water partition coefficient (Wildman–Crippen LogP) is 1.78. The summed E-state index contributed by atoms with van der Waals surface area (Å²) in [6.45, 7) is 4.59. The number of hydrogen-bond donors (Lipinski definition) is 2. The van der Waals surface area contributed by atoms with Crippen LogP contribution in [0.25, 0.3) is 0 Å². The van der Waals surface area contributed by atoms with Crippen LogP contribution in [0.2, 0.25) is 0 Å². The van der Waals surface area contributed by atoms with Gasteiger partial charge in [-0.25, -0.2) is 8.42 Å². The molecule has 0 aliphatic heterocycles. The summed E-state index contributed by atoms with van der Waals surface area (Å²) < 4.78 is 22.0. The minimum Gasteiger partial charge on any atom is -0.480 e. The van der Waals surface area contributed by atoms with Crippen molar-refractivity contribution in [1.29, 1.82) is 0 Å². The molecule has 5 nitrogen and oxygen atoms in total. The zero-order valence-corrected chi connectivity index (χ0v) is 14.3. The number of rotatable bonds is 12. The molecular weight excluding hydrogens is 298 g/mol. The standard InChI is InChI=1S/C13H27NO4S2/c1-4-8-14-13(5-2,12(15)16)7-6-9-19-10-11-20(3,17)18/h14H,4-11H2,1-3H3,(H,15,16). The fraction of sp³-hybridized carbons (Fsp3) is 0.923. The van der Waals surface area contributed by atoms with Crippen molar-refractivity contribution >= 4 is 27.6 Å². The van der Waals surface area contributed by atoms with Gasteiger partial charge in [-0.15, -0.1) is 0 Å². The Morgan fingerprint density at radius 2 is 1.95 bits per heavy atom. The number of thioether (sulfide) groups is 1. The first-order valence-electron chi connectivity index (χ1n) is 7.01. The lowest BCUT2D eigenvalue weighted by Gasteiger charge is -2.29. The van der Waals surface area contributed by atoms with E-state index in [1.165, 1.54) is 6.26 Å². The van der Waals surface area contributed by atoms with E-state index >= 15 is 0 Å². The van der Waals surface area contributed by atoms with E-state index in [-0.39, 0.29) is 5.75 Å². The summed E-state index contributed by atoms with van der Waals surface area (Å²) in [5.74, 6) is 0.754. The van der Waals surface area contributed by atoms with Crippen molar-refractivity contribution in [3.8, 4) is 0 Å². The summed E-state index contributed by atoms with van der Waals surface area (Å²) in [4.78, 5) is 11.5. The zero-order valence-electron chi connectivity index (χ0n) is 12.6. The third-order valence-corrected chi connectivity index (χ3v) is 5.49. The third kappa shape index (κ3) is 8.11. The highest BCUT2D eigenvalue weighted by Crippen LogP contribution is 2.20. The molecule has 0 rings (SSSR count). The summed E-state index contributed by atoms with van der Waals surface area (Å²) >= 11 is 1.57. The van der Waals surface area contributed by atoms with Gasteiger partial charge in [0.1, 0.15) is 15.4 Å². The van der Waals surface area contributed by atoms with Gasteiger partial charge < -0.3 is 10.4 Å². The molecule has 0 heterocycles. The molecule has 0 aliphatic carbocycles. The van der Waals surface area contributed by atoms with E-state index in [2.05, 4.69) is 5.32 Å². The first-order valence-corrected chi connectivity index (χ1v) is 10.2. The quantitative estimate of drug-likeness (QED) is 0.532. The maximum atomic E-state index is 11.5. The number of hydrogen-bond acceptors (Lipinski definition) is 5. The van der Waals surface area contributed by atoms with Gasteiger partial charge in [-0.2, -0.15) is 11.8 Å². The third-order valence-electron chi connectivity index (χ3n) is 3.22. The van der Waals surface area contributed by atoms with E-state index < -0.39 is 21.3 Å². The largest absolute Gasteiger partial charge is 0.480 e. The van der Waals surface area contributed by atoms with E-state index in [1.54, 1.807) is 11.8 Å². The molecule has 0 aromatic rings. The van der Waals surface area contributed by atoms with Crippen molar-refractivity contribution in [2.75, 3.05) is 30.1 Å². The van der Waals surface area contributed by atoms with Gasteiger partial charge in [0.25, 0.3) is 0 Å². The number of nitrogens with one attached hydrogen (secondary N) is 1. The molecule has 2 N–H and O–H groups in total. The Morgan fingerprint density at radius 1 is 1.30 bits per heavy atom. The molecule has 0 radical (unpaired) electrons. The molecule has 0 bridgehead atoms. The summed E-state index contributed by atoms with van der Waals surface area (Å²) in [5, 5.41) is 12.6. The van der Waals surface area contributed by atoms with Crippen LogP contribution in [0.1, 0.15) is 39.5 Å². The lowest BCUT2D eigenvalue weighted by atomic mass is 9.90. The van der Waals surface area contributed by atoms with Crippen LogP contribution in [-0.2, 0) is 14.6 Å². The molecule has 0 aliphatic rings. The molecule has 7 heteroatoms. The van der Waals surface area contributed by atoms with Crippen molar-refractivity contribution in [3.05, 3.63) is 0 Å². The molecule has 120 valence electrons. The van der Waals surface area contributed by atoms with E-state index in [0.29, 0.717) is 25.1 Å². The predicted molar refractivity (Wildman–Crippen MR) is 85.2 cm³/mol. The zero-order chi connectivity index (χ0) is 15.6. The molecule has 20 heavy (non-hydrogen) atoms. The Morgan fingerprint density at radius 3 is 2.40 bits per heavy atom. The Kier molecular flexibility index (Phi) is 9.50. The fourth-order valence-electron chi connectivity index (χ4n) is 1.88. The van der Waals surface area contributed by atoms with E-state index in [0.717, 1.165) is 18.6 Å². The molecular formula is C13H27NO4S2. The SMILES string of the molecule is CCCNC(CC)(CCCSCCS(C)(=O)=O)C(=O)O. The minimum absolute atomic E-state index is 0.184. The van der Waals surface area contributed by atoms with Crippen LogP contribution in [0.15, 0.2) is 0 Å². The van der Waals surface area contributed by atoms with Crippen LogP contribution in [0.3, 0.4) is 0 Å². The van der Waals surface area contributed by atoms with Crippen molar-refractivity contribution in [1.82, 2.24) is 5.32 Å². The maximum absolute atomic E-state index is 11.5. The van der Waals surface area contributed by atoms with E-state index in [9.17, 15) is 18.3 Å². The van der Waals surface area contributed by atoms with Gasteiger partial charge in [0.15, 0.2) is 0 Å². The van der Waals surface area contributed by atoms with Crippen LogP contribution in [0, 0.1) is 0 Å². The smallest absolute Gasteiger partial charge is 0.323 e. The lowest BCUT2D eigenvalue weighted by molar-refractivity contribution is -0.145. The van der Waals surface area contributed by atoms with E-state index in [4.69, 9.17) is 0 Å². The highest BCUT2D eigenvalue weighted by molar-refractivity contribution is 8.00. The number of carbonyl (C=O) groups is 1. The topological polar surface area (TPSA) is 83.5 Å². The molecule has 1 atom stereocenters. The maximum Gasteiger partial charge on any atom is 0.323 e. The van der Waals surface area contributed by atoms with Crippen molar-refractivity contribution in [2.45, 2.75) is 45.1 Å². The second-order valence-corrected chi connectivity index (χ2v) is 8.50. The molecule has 0 fully saturated rings. The Bertz CT molecular complexity index is 384. The second kappa shape index (κ2) is 9.63. The van der Waals surface area contributed by atoms with Gasteiger partial charge in [0.2, 0.25) is 0 Å². The molecule has 0 amide bonds. The fourth-order valence-corrected chi connectivity index (χ4v) is 4.11. The highest BCUT2D eigenvalue weighted by atomic mass is 32.2. The van der Waals surface area contributed by atoms with Crippen LogP contribution < -0.4 is 5.32 Å². The number of aliphatic carboxylic acids is 1. The lowest BCUT2D eigenvalue weighted by Crippen LogP contribution is -2.52. The molecule has 0 saturated heterocycles. The monoisotopic (exact) mass is 325 g/mol. The van der Waals surface area contributed by atoms with Crippen LogP contribution in [-0.4, -0.2) is 55.1 Å². The molecule has 0 spiro atoms. The Labute approximate surface area is 126 Å². The van der Waals surface area contributed by atoms with E-state index in [1.807, 2.05) is 13.8 Å². The molecule has 0 saturated carbocycles. The van der Waals surface area contributed by atoms with Gasteiger partial charge in [-0.3, -0.25) is 4.79 Å². The van der Waals surface area contributed by atoms with Crippen molar-refractivity contribution in [2.24, 2.45) is 0 Å². The van der Waals surface area contributed by atoms with Gasteiger partial charge in [0, 0.05) is 12.0 Å². The Hall–Kier alpha value is -0.270. The number of carboxylic acids is 1. The van der Waals surface area contributed by atoms with Crippen LogP contribution >= 0.6 is 11.8 Å². The highest BCUT2D eigenvalue weighted by Gasteiger charge is 2.35. The first-order chi connectivity index (χ1) is 9.27. The normalized spacial score (nSPS) is 14.9. The number of carboxylic acid groups (broad SMARTS) is 1. The van der Waals surface area contributed by atoms with Crippen LogP contribution in [0.4, 0.5) is 0 Å². The average molecular weight is 325 g/mol. The molecule has 1 unspecified atom stereocenters. The first kappa shape index (κ1) is 19.7. The van der Waals surface area contributed by atoms with Crippen LogP contribution in [0.5, 0.6) is 0 Å². The van der Waals surface area contributed by atoms with Crippen molar-refractivity contribution in [3.63, 3.8) is 0 Å². The minimum atomic E-state index is -2.90. The molecule has 0 aromatic heterocycles. The number of sulfone groups is 1. The van der Waals surface area contributed by atoms with Gasteiger partial charge in [-0.1, -0.05) is 13.8 Å². The summed E-state index contributed by atoms with van der Waals surface area (Å²) in [7, 11) is -2.90. The summed E-state index contributed by atoms with van der Waals surface area (Å²) in [6.07, 6.45) is 4.03. The Balaban J connectivity index is 4.11. The van der Waals surface area contributed by atoms with Gasteiger partial charge >= 0.3 is 5.97 Å². The van der Waals surface area contributed by atoms with Crippen molar-refractivity contribution < 1.29 is 18.3 Å². The van der Waals surface area contributed by atoms with Gasteiger partial charge in [-0.05, 0) is 38.0 Å².